The summed E-state index contributed by atoms with van der Waals surface area (Å²) in [5.74, 6) is 0. The maximum absolute atomic E-state index is 6.12. The fourth-order valence-corrected chi connectivity index (χ4v) is 5.12. The molecule has 4 nitrogen and oxygen atoms in total. The van der Waals surface area contributed by atoms with Crippen LogP contribution in [0.25, 0.3) is 4.96 Å². The van der Waals surface area contributed by atoms with Crippen LogP contribution in [0.1, 0.15) is 39.3 Å². The number of nitrogens with one attached hydrogen (secondary N) is 1. The van der Waals surface area contributed by atoms with E-state index in [4.69, 9.17) is 11.6 Å². The van der Waals surface area contributed by atoms with Crippen molar-refractivity contribution in [3.63, 3.8) is 0 Å². The zero-order valence-corrected chi connectivity index (χ0v) is 14.2. The summed E-state index contributed by atoms with van der Waals surface area (Å²) in [6.07, 6.45) is 2.27. The molecule has 1 atom stereocenters. The van der Waals surface area contributed by atoms with E-state index in [2.05, 4.69) is 28.4 Å². The lowest BCUT2D eigenvalue weighted by Gasteiger charge is -2.12. The third-order valence-electron chi connectivity index (χ3n) is 3.96. The first-order valence-corrected chi connectivity index (χ1v) is 8.96. The summed E-state index contributed by atoms with van der Waals surface area (Å²) >= 11 is 9.46. The standard InChI is InChI=1S/C14H15ClN4S2/c1-7-11(19-14(17-7)20-8(2)18-19)6-16-10-3-4-12-9(10)5-13(15)21-12/h5,10,16H,3-4,6H2,1-2H3. The lowest BCUT2D eigenvalue weighted by atomic mass is 10.1. The molecule has 0 aromatic carbocycles. The predicted octanol–water partition coefficient (Wildman–Crippen LogP) is 3.90. The van der Waals surface area contributed by atoms with Gasteiger partial charge in [0.2, 0.25) is 4.96 Å². The first-order valence-electron chi connectivity index (χ1n) is 6.95. The van der Waals surface area contributed by atoms with Crippen LogP contribution in [-0.4, -0.2) is 14.6 Å². The van der Waals surface area contributed by atoms with Crippen molar-refractivity contribution in [3.8, 4) is 0 Å². The number of rotatable bonds is 3. The van der Waals surface area contributed by atoms with Crippen molar-refractivity contribution in [2.24, 2.45) is 0 Å². The van der Waals surface area contributed by atoms with E-state index in [9.17, 15) is 0 Å². The number of hydrogen-bond acceptors (Lipinski definition) is 5. The zero-order valence-electron chi connectivity index (χ0n) is 11.8. The maximum atomic E-state index is 6.12. The van der Waals surface area contributed by atoms with Crippen molar-refractivity contribution in [1.29, 1.82) is 0 Å². The minimum atomic E-state index is 0.397. The minimum absolute atomic E-state index is 0.397. The molecule has 0 aliphatic heterocycles. The zero-order chi connectivity index (χ0) is 14.6. The van der Waals surface area contributed by atoms with Crippen LogP contribution in [0.2, 0.25) is 4.34 Å². The third-order valence-corrected chi connectivity index (χ3v) is 6.12. The third kappa shape index (κ3) is 2.30. The molecule has 7 heteroatoms. The van der Waals surface area contributed by atoms with Gasteiger partial charge >= 0.3 is 0 Å². The largest absolute Gasteiger partial charge is 0.304 e. The van der Waals surface area contributed by atoms with Crippen molar-refractivity contribution in [2.75, 3.05) is 0 Å². The summed E-state index contributed by atoms with van der Waals surface area (Å²) in [7, 11) is 0. The fraction of sp³-hybridized carbons (Fsp3) is 0.429. The molecule has 0 spiro atoms. The Morgan fingerprint density at radius 1 is 1.43 bits per heavy atom. The van der Waals surface area contributed by atoms with Gasteiger partial charge in [-0.15, -0.1) is 11.3 Å². The Morgan fingerprint density at radius 3 is 3.14 bits per heavy atom. The molecule has 3 heterocycles. The number of imidazole rings is 1. The van der Waals surface area contributed by atoms with Crippen molar-refractivity contribution >= 4 is 39.2 Å². The van der Waals surface area contributed by atoms with Crippen LogP contribution in [0.15, 0.2) is 6.07 Å². The van der Waals surface area contributed by atoms with Gasteiger partial charge in [-0.3, -0.25) is 0 Å². The highest BCUT2D eigenvalue weighted by molar-refractivity contribution is 7.16. The van der Waals surface area contributed by atoms with Crippen LogP contribution in [-0.2, 0) is 13.0 Å². The van der Waals surface area contributed by atoms with Crippen LogP contribution in [0.4, 0.5) is 0 Å². The second-order valence-corrected chi connectivity index (χ2v) is 8.29. The summed E-state index contributed by atoms with van der Waals surface area (Å²) in [6.45, 7) is 4.85. The highest BCUT2D eigenvalue weighted by Crippen LogP contribution is 2.39. The second kappa shape index (κ2) is 5.05. The van der Waals surface area contributed by atoms with Crippen molar-refractivity contribution in [1.82, 2.24) is 19.9 Å². The average molecular weight is 339 g/mol. The van der Waals surface area contributed by atoms with Gasteiger partial charge in [0.05, 0.1) is 15.7 Å². The van der Waals surface area contributed by atoms with Gasteiger partial charge in [-0.2, -0.15) is 5.10 Å². The number of thiophene rings is 1. The molecule has 0 saturated carbocycles. The van der Waals surface area contributed by atoms with Gasteiger partial charge in [0, 0.05) is 17.5 Å². The number of aromatic nitrogens is 3. The maximum Gasteiger partial charge on any atom is 0.212 e. The Hall–Kier alpha value is -0.950. The number of fused-ring (bicyclic) bond motifs is 2. The highest BCUT2D eigenvalue weighted by Gasteiger charge is 2.25. The van der Waals surface area contributed by atoms with Crippen molar-refractivity contribution in [2.45, 2.75) is 39.3 Å². The number of aryl methyl sites for hydroxylation is 3. The Morgan fingerprint density at radius 2 is 2.29 bits per heavy atom. The number of halogens is 1. The van der Waals surface area contributed by atoms with E-state index in [0.29, 0.717) is 6.04 Å². The molecule has 0 bridgehead atoms. The van der Waals surface area contributed by atoms with Crippen molar-refractivity contribution in [3.05, 3.63) is 37.2 Å². The molecule has 1 unspecified atom stereocenters. The number of hydrogen-bond donors (Lipinski definition) is 1. The highest BCUT2D eigenvalue weighted by atomic mass is 35.5. The minimum Gasteiger partial charge on any atom is -0.304 e. The van der Waals surface area contributed by atoms with Crippen LogP contribution < -0.4 is 5.32 Å². The van der Waals surface area contributed by atoms with E-state index in [1.165, 1.54) is 10.4 Å². The van der Waals surface area contributed by atoms with Gasteiger partial charge in [-0.25, -0.2) is 9.50 Å². The van der Waals surface area contributed by atoms with Crippen molar-refractivity contribution < 1.29 is 0 Å². The fourth-order valence-electron chi connectivity index (χ4n) is 2.95. The summed E-state index contributed by atoms with van der Waals surface area (Å²) in [6, 6.07) is 2.51. The van der Waals surface area contributed by atoms with Gasteiger partial charge in [-0.1, -0.05) is 22.9 Å². The Bertz CT molecular complexity index is 817. The van der Waals surface area contributed by atoms with E-state index < -0.39 is 0 Å². The molecular formula is C14H15ClN4S2. The van der Waals surface area contributed by atoms with Gasteiger partial charge < -0.3 is 5.32 Å². The summed E-state index contributed by atoms with van der Waals surface area (Å²) in [5.41, 5.74) is 3.59. The molecule has 21 heavy (non-hydrogen) atoms. The molecule has 0 radical (unpaired) electrons. The molecule has 110 valence electrons. The topological polar surface area (TPSA) is 42.2 Å². The van der Waals surface area contributed by atoms with E-state index >= 15 is 0 Å². The van der Waals surface area contributed by atoms with Crippen LogP contribution in [0.5, 0.6) is 0 Å². The predicted molar refractivity (Wildman–Crippen MR) is 87.6 cm³/mol. The summed E-state index contributed by atoms with van der Waals surface area (Å²) in [5, 5.41) is 9.24. The lowest BCUT2D eigenvalue weighted by Crippen LogP contribution is -2.20. The Kier molecular flexibility index (Phi) is 3.29. The summed E-state index contributed by atoms with van der Waals surface area (Å²) in [4.78, 5) is 6.99. The molecule has 1 aliphatic carbocycles. The molecule has 0 fully saturated rings. The monoisotopic (exact) mass is 338 g/mol. The van der Waals surface area contributed by atoms with Gasteiger partial charge in [0.1, 0.15) is 5.01 Å². The smallest absolute Gasteiger partial charge is 0.212 e. The SMILES string of the molecule is Cc1nn2c(CNC3CCc4sc(Cl)cc43)c(C)nc2s1. The molecule has 1 N–H and O–H groups in total. The van der Waals surface area contributed by atoms with E-state index in [1.54, 1.807) is 22.7 Å². The van der Waals surface area contributed by atoms with Gasteiger partial charge in [0.25, 0.3) is 0 Å². The molecule has 4 rings (SSSR count). The molecule has 3 aromatic heterocycles. The second-order valence-electron chi connectivity index (χ2n) is 5.36. The lowest BCUT2D eigenvalue weighted by molar-refractivity contribution is 0.520. The molecule has 0 saturated heterocycles. The first-order chi connectivity index (χ1) is 10.1. The van der Waals surface area contributed by atoms with Crippen LogP contribution >= 0.6 is 34.3 Å². The van der Waals surface area contributed by atoms with E-state index in [0.717, 1.165) is 45.1 Å². The molecule has 1 aliphatic rings. The normalized spacial score (nSPS) is 17.8. The van der Waals surface area contributed by atoms with Gasteiger partial charge in [0.15, 0.2) is 0 Å². The Labute approximate surface area is 135 Å². The molecular weight excluding hydrogens is 324 g/mol. The van der Waals surface area contributed by atoms with Crippen LogP contribution in [0.3, 0.4) is 0 Å². The summed E-state index contributed by atoms with van der Waals surface area (Å²) < 4.78 is 2.86. The van der Waals surface area contributed by atoms with Gasteiger partial charge in [-0.05, 0) is 38.3 Å². The van der Waals surface area contributed by atoms with Crippen LogP contribution in [0, 0.1) is 13.8 Å². The molecule has 0 amide bonds. The first kappa shape index (κ1) is 13.7. The number of nitrogens with zero attached hydrogens (tertiary/aromatic N) is 3. The Balaban J connectivity index is 1.57. The van der Waals surface area contributed by atoms with E-state index in [-0.39, 0.29) is 0 Å². The average Bonchev–Trinajstić information content (AvgIpc) is 3.10. The van der Waals surface area contributed by atoms with E-state index in [1.807, 2.05) is 11.4 Å². The molecule has 3 aromatic rings. The quantitative estimate of drug-likeness (QED) is 0.787.